The Bertz CT molecular complexity index is 537. The zero-order chi connectivity index (χ0) is 12.8. The molecule has 1 aromatic heterocycles. The number of hydrogen-bond donors (Lipinski definition) is 1. The summed E-state index contributed by atoms with van der Waals surface area (Å²) in [5.41, 5.74) is 1.84. The third-order valence-corrected chi connectivity index (χ3v) is 2.66. The molecule has 0 saturated carbocycles. The zero-order valence-corrected chi connectivity index (χ0v) is 10.1. The van der Waals surface area contributed by atoms with Gasteiger partial charge in [0.2, 0.25) is 0 Å². The number of nitrogens with zero attached hydrogens (tertiary/aromatic N) is 3. The number of phenolic OH excluding ortho intramolecular Hbond substituents is 1. The maximum atomic E-state index is 9.21. The van der Waals surface area contributed by atoms with Crippen LogP contribution in [0.3, 0.4) is 0 Å². The number of unbranched alkanes of at least 4 members (excludes halogenated alkanes) is 2. The Labute approximate surface area is 106 Å². The van der Waals surface area contributed by atoms with Gasteiger partial charge in [-0.05, 0) is 43.5 Å². The lowest BCUT2D eigenvalue weighted by molar-refractivity contribution is 0.475. The molecule has 0 bridgehead atoms. The Balaban J connectivity index is 1.97. The number of hydrogen-bond acceptors (Lipinski definition) is 3. The lowest BCUT2D eigenvalue weighted by Gasteiger charge is -1.99. The van der Waals surface area contributed by atoms with Gasteiger partial charge in [0.15, 0.2) is 0 Å². The second-order valence-electron chi connectivity index (χ2n) is 4.08. The van der Waals surface area contributed by atoms with Crippen LogP contribution in [0.4, 0.5) is 0 Å². The van der Waals surface area contributed by atoms with Crippen LogP contribution in [0.1, 0.15) is 25.0 Å². The van der Waals surface area contributed by atoms with E-state index in [1.54, 1.807) is 28.9 Å². The zero-order valence-electron chi connectivity index (χ0n) is 10.1. The van der Waals surface area contributed by atoms with Crippen molar-refractivity contribution in [2.24, 2.45) is 0 Å². The third-order valence-electron chi connectivity index (χ3n) is 2.66. The first-order chi connectivity index (χ1) is 8.79. The largest absolute Gasteiger partial charge is 0.508 e. The lowest BCUT2D eigenvalue weighted by atomic mass is 10.2. The molecule has 0 aliphatic rings. The van der Waals surface area contributed by atoms with E-state index in [1.165, 1.54) is 0 Å². The van der Waals surface area contributed by atoms with Crippen molar-refractivity contribution >= 4 is 0 Å². The van der Waals surface area contributed by atoms with Crippen molar-refractivity contribution < 1.29 is 5.11 Å². The van der Waals surface area contributed by atoms with Crippen LogP contribution >= 0.6 is 0 Å². The molecule has 4 heteroatoms. The fourth-order valence-electron chi connectivity index (χ4n) is 1.68. The van der Waals surface area contributed by atoms with Crippen molar-refractivity contribution in [1.29, 1.82) is 0 Å². The summed E-state index contributed by atoms with van der Waals surface area (Å²) in [7, 11) is 0. The fraction of sp³-hybridized carbons (Fsp3) is 0.286. The van der Waals surface area contributed by atoms with Crippen molar-refractivity contribution in [3.05, 3.63) is 36.2 Å². The van der Waals surface area contributed by atoms with E-state index in [1.807, 2.05) is 6.20 Å². The van der Waals surface area contributed by atoms with Crippen molar-refractivity contribution in [2.75, 3.05) is 0 Å². The predicted molar refractivity (Wildman–Crippen MR) is 69.4 cm³/mol. The highest BCUT2D eigenvalue weighted by molar-refractivity contribution is 5.35. The first-order valence-electron chi connectivity index (χ1n) is 5.93. The molecule has 0 saturated heterocycles. The monoisotopic (exact) mass is 241 g/mol. The first-order valence-corrected chi connectivity index (χ1v) is 5.93. The quantitative estimate of drug-likeness (QED) is 0.645. The Hall–Kier alpha value is -2.28. The molecule has 1 N–H and O–H groups in total. The van der Waals surface area contributed by atoms with Gasteiger partial charge in [-0.1, -0.05) is 5.21 Å². The average molecular weight is 241 g/mol. The molecule has 0 amide bonds. The highest BCUT2D eigenvalue weighted by Gasteiger charge is 2.02. The standard InChI is InChI=1S/C14H15N3O/c1-2-3-4-5-6-12-11-17(16-15-12)13-7-9-14(18)10-8-13/h1,7-11,18H,3-6H2. The van der Waals surface area contributed by atoms with Crippen molar-refractivity contribution in [3.63, 3.8) is 0 Å². The van der Waals surface area contributed by atoms with Gasteiger partial charge in [0.05, 0.1) is 17.6 Å². The predicted octanol–water partition coefficient (Wildman–Crippen LogP) is 2.32. The van der Waals surface area contributed by atoms with E-state index in [-0.39, 0.29) is 5.75 Å². The number of aryl methyl sites for hydroxylation is 1. The van der Waals surface area contributed by atoms with Gasteiger partial charge < -0.3 is 5.11 Å². The fourth-order valence-corrected chi connectivity index (χ4v) is 1.68. The van der Waals surface area contributed by atoms with Crippen LogP contribution in [-0.2, 0) is 6.42 Å². The molecule has 0 atom stereocenters. The van der Waals surface area contributed by atoms with Crippen molar-refractivity contribution in [2.45, 2.75) is 25.7 Å². The smallest absolute Gasteiger partial charge is 0.115 e. The molecule has 0 radical (unpaired) electrons. The summed E-state index contributed by atoms with van der Waals surface area (Å²) in [6.07, 6.45) is 10.8. The summed E-state index contributed by atoms with van der Waals surface area (Å²) >= 11 is 0. The van der Waals surface area contributed by atoms with Gasteiger partial charge in [-0.3, -0.25) is 0 Å². The topological polar surface area (TPSA) is 50.9 Å². The number of phenols is 1. The maximum Gasteiger partial charge on any atom is 0.115 e. The molecule has 0 unspecified atom stereocenters. The van der Waals surface area contributed by atoms with Gasteiger partial charge in [0, 0.05) is 6.42 Å². The van der Waals surface area contributed by atoms with E-state index in [9.17, 15) is 5.11 Å². The molecule has 0 aliphatic heterocycles. The van der Waals surface area contributed by atoms with Gasteiger partial charge >= 0.3 is 0 Å². The summed E-state index contributed by atoms with van der Waals surface area (Å²) < 4.78 is 1.70. The molecular weight excluding hydrogens is 226 g/mol. The molecule has 2 aromatic rings. The molecule has 1 heterocycles. The maximum absolute atomic E-state index is 9.21. The summed E-state index contributed by atoms with van der Waals surface area (Å²) in [4.78, 5) is 0. The molecule has 1 aromatic carbocycles. The molecule has 2 rings (SSSR count). The highest BCUT2D eigenvalue weighted by atomic mass is 16.3. The van der Waals surface area contributed by atoms with Gasteiger partial charge in [-0.25, -0.2) is 4.68 Å². The Kier molecular flexibility index (Phi) is 3.98. The van der Waals surface area contributed by atoms with E-state index in [2.05, 4.69) is 16.2 Å². The number of aromatic nitrogens is 3. The van der Waals surface area contributed by atoms with Crippen molar-refractivity contribution in [3.8, 4) is 23.8 Å². The van der Waals surface area contributed by atoms with Gasteiger partial charge in [-0.2, -0.15) is 0 Å². The van der Waals surface area contributed by atoms with Crippen LogP contribution < -0.4 is 0 Å². The van der Waals surface area contributed by atoms with E-state index in [0.29, 0.717) is 0 Å². The second-order valence-corrected chi connectivity index (χ2v) is 4.08. The number of aromatic hydroxyl groups is 1. The van der Waals surface area contributed by atoms with Gasteiger partial charge in [-0.15, -0.1) is 17.4 Å². The van der Waals surface area contributed by atoms with E-state index >= 15 is 0 Å². The third kappa shape index (κ3) is 3.11. The van der Waals surface area contributed by atoms with E-state index < -0.39 is 0 Å². The molecule has 0 aliphatic carbocycles. The van der Waals surface area contributed by atoms with Gasteiger partial charge in [0.25, 0.3) is 0 Å². The van der Waals surface area contributed by atoms with Gasteiger partial charge in [0.1, 0.15) is 5.75 Å². The summed E-state index contributed by atoms with van der Waals surface area (Å²) in [5, 5.41) is 17.4. The molecular formula is C14H15N3O. The average Bonchev–Trinajstić information content (AvgIpc) is 2.84. The van der Waals surface area contributed by atoms with E-state index in [4.69, 9.17) is 6.42 Å². The van der Waals surface area contributed by atoms with Crippen LogP contribution in [0.5, 0.6) is 5.75 Å². The summed E-state index contributed by atoms with van der Waals surface area (Å²) in [6.45, 7) is 0. The van der Waals surface area contributed by atoms with Crippen LogP contribution in [0.15, 0.2) is 30.5 Å². The van der Waals surface area contributed by atoms with Crippen LogP contribution in [-0.4, -0.2) is 20.1 Å². The lowest BCUT2D eigenvalue weighted by Crippen LogP contribution is -1.93. The number of terminal acetylenes is 1. The van der Waals surface area contributed by atoms with E-state index in [0.717, 1.165) is 37.1 Å². The minimum atomic E-state index is 0.244. The minimum Gasteiger partial charge on any atom is -0.508 e. The molecule has 0 spiro atoms. The Morgan fingerprint density at radius 1 is 1.22 bits per heavy atom. The molecule has 0 fully saturated rings. The normalized spacial score (nSPS) is 10.2. The van der Waals surface area contributed by atoms with Crippen LogP contribution in [0.25, 0.3) is 5.69 Å². The molecule has 92 valence electrons. The number of benzene rings is 1. The SMILES string of the molecule is C#CCCCCc1cn(-c2ccc(O)cc2)nn1. The van der Waals surface area contributed by atoms with Crippen molar-refractivity contribution in [1.82, 2.24) is 15.0 Å². The molecule has 18 heavy (non-hydrogen) atoms. The summed E-state index contributed by atoms with van der Waals surface area (Å²) in [5.74, 6) is 2.87. The highest BCUT2D eigenvalue weighted by Crippen LogP contribution is 2.13. The van der Waals surface area contributed by atoms with Crippen LogP contribution in [0, 0.1) is 12.3 Å². The summed E-state index contributed by atoms with van der Waals surface area (Å²) in [6, 6.07) is 6.85. The Morgan fingerprint density at radius 3 is 2.72 bits per heavy atom. The first kappa shape index (κ1) is 12.2. The Morgan fingerprint density at radius 2 is 2.00 bits per heavy atom. The van der Waals surface area contributed by atoms with Crippen LogP contribution in [0.2, 0.25) is 0 Å². The second kappa shape index (κ2) is 5.87. The number of rotatable bonds is 5. The molecule has 4 nitrogen and oxygen atoms in total. The minimum absolute atomic E-state index is 0.244.